The van der Waals surface area contributed by atoms with Crippen LogP contribution in [0.25, 0.3) is 0 Å². The number of nitrogens with zero attached hydrogens (tertiary/aromatic N) is 1. The summed E-state index contributed by atoms with van der Waals surface area (Å²) >= 11 is 5.79. The van der Waals surface area contributed by atoms with E-state index in [4.69, 9.17) is 21.1 Å². The third-order valence-electron chi connectivity index (χ3n) is 3.82. The van der Waals surface area contributed by atoms with Crippen molar-refractivity contribution in [3.63, 3.8) is 0 Å². The van der Waals surface area contributed by atoms with Gasteiger partial charge in [-0.1, -0.05) is 17.7 Å². The first-order chi connectivity index (χ1) is 12.9. The third kappa shape index (κ3) is 5.10. The Labute approximate surface area is 162 Å². The summed E-state index contributed by atoms with van der Waals surface area (Å²) in [5.74, 6) is 0.642. The lowest BCUT2D eigenvalue weighted by Crippen LogP contribution is -2.27. The number of hydrogen-bond acceptors (Lipinski definition) is 5. The van der Waals surface area contributed by atoms with Gasteiger partial charge in [-0.3, -0.25) is 14.9 Å². The predicted octanol–water partition coefficient (Wildman–Crippen LogP) is 4.54. The molecule has 0 spiro atoms. The molecule has 0 radical (unpaired) electrons. The van der Waals surface area contributed by atoms with Crippen molar-refractivity contribution in [1.82, 2.24) is 5.32 Å². The maximum Gasteiger partial charge on any atom is 0.283 e. The molecule has 144 valence electrons. The van der Waals surface area contributed by atoms with E-state index in [2.05, 4.69) is 5.32 Å². The second-order valence-electron chi connectivity index (χ2n) is 5.69. The van der Waals surface area contributed by atoms with E-state index in [0.29, 0.717) is 24.7 Å². The first-order valence-corrected chi connectivity index (χ1v) is 8.89. The van der Waals surface area contributed by atoms with Crippen LogP contribution in [0.4, 0.5) is 5.69 Å². The van der Waals surface area contributed by atoms with E-state index in [0.717, 1.165) is 11.6 Å². The molecule has 2 aromatic rings. The van der Waals surface area contributed by atoms with Crippen LogP contribution in [0.3, 0.4) is 0 Å². The number of benzene rings is 2. The summed E-state index contributed by atoms with van der Waals surface area (Å²) in [4.78, 5) is 23.1. The summed E-state index contributed by atoms with van der Waals surface area (Å²) in [5, 5.41) is 14.1. The number of nitro benzene ring substituents is 1. The molecular formula is C19H21ClN2O5. The molecule has 1 atom stereocenters. The fourth-order valence-electron chi connectivity index (χ4n) is 2.54. The van der Waals surface area contributed by atoms with Crippen LogP contribution in [0, 0.1) is 10.1 Å². The van der Waals surface area contributed by atoms with Gasteiger partial charge in [0.2, 0.25) is 0 Å². The van der Waals surface area contributed by atoms with Gasteiger partial charge in [-0.2, -0.15) is 0 Å². The molecule has 2 aromatic carbocycles. The summed E-state index contributed by atoms with van der Waals surface area (Å²) < 4.78 is 11.1. The van der Waals surface area contributed by atoms with Crippen molar-refractivity contribution < 1.29 is 19.2 Å². The molecule has 1 N–H and O–H groups in total. The van der Waals surface area contributed by atoms with Gasteiger partial charge in [-0.15, -0.1) is 0 Å². The Kier molecular flexibility index (Phi) is 7.01. The molecule has 0 aliphatic rings. The molecule has 7 nitrogen and oxygen atoms in total. The van der Waals surface area contributed by atoms with Crippen molar-refractivity contribution in [1.29, 1.82) is 0 Å². The van der Waals surface area contributed by atoms with E-state index in [-0.39, 0.29) is 16.3 Å². The SMILES string of the molecule is CCOc1ccc([C@H](C)NC(=O)c2ccc(Cl)cc2[N+](=O)[O-])cc1OCC. The highest BCUT2D eigenvalue weighted by atomic mass is 35.5. The van der Waals surface area contributed by atoms with Crippen LogP contribution in [0.1, 0.15) is 42.7 Å². The molecule has 0 bridgehead atoms. The van der Waals surface area contributed by atoms with Crippen molar-refractivity contribution in [2.24, 2.45) is 0 Å². The van der Waals surface area contributed by atoms with E-state index in [9.17, 15) is 14.9 Å². The van der Waals surface area contributed by atoms with Crippen molar-refractivity contribution in [3.05, 3.63) is 62.7 Å². The molecule has 0 heterocycles. The molecular weight excluding hydrogens is 372 g/mol. The summed E-state index contributed by atoms with van der Waals surface area (Å²) in [7, 11) is 0. The van der Waals surface area contributed by atoms with Gasteiger partial charge in [-0.25, -0.2) is 0 Å². The van der Waals surface area contributed by atoms with E-state index in [1.54, 1.807) is 19.1 Å². The number of rotatable bonds is 8. The van der Waals surface area contributed by atoms with Crippen molar-refractivity contribution in [2.45, 2.75) is 26.8 Å². The molecule has 0 unspecified atom stereocenters. The van der Waals surface area contributed by atoms with Gasteiger partial charge in [-0.05, 0) is 50.6 Å². The number of carbonyl (C=O) groups excluding carboxylic acids is 1. The lowest BCUT2D eigenvalue weighted by Gasteiger charge is -2.17. The largest absolute Gasteiger partial charge is 0.490 e. The summed E-state index contributed by atoms with van der Waals surface area (Å²) in [6.07, 6.45) is 0. The van der Waals surface area contributed by atoms with Gasteiger partial charge in [0.1, 0.15) is 5.56 Å². The summed E-state index contributed by atoms with van der Waals surface area (Å²) in [6, 6.07) is 8.92. The molecule has 0 saturated heterocycles. The molecule has 1 amide bonds. The van der Waals surface area contributed by atoms with Crippen molar-refractivity contribution in [3.8, 4) is 11.5 Å². The standard InChI is InChI=1S/C19H21ClN2O5/c1-4-26-17-9-6-13(10-18(17)27-5-2)12(3)21-19(23)15-8-7-14(20)11-16(15)22(24)25/h6-12H,4-5H2,1-3H3,(H,21,23)/t12-/m0/s1. The number of halogens is 1. The van der Waals surface area contributed by atoms with Crippen LogP contribution in [0.2, 0.25) is 5.02 Å². The fourth-order valence-corrected chi connectivity index (χ4v) is 2.71. The van der Waals surface area contributed by atoms with E-state index >= 15 is 0 Å². The first kappa shape index (κ1) is 20.5. The van der Waals surface area contributed by atoms with Crippen LogP contribution < -0.4 is 14.8 Å². The van der Waals surface area contributed by atoms with Crippen molar-refractivity contribution in [2.75, 3.05) is 13.2 Å². The molecule has 0 aliphatic carbocycles. The monoisotopic (exact) mass is 392 g/mol. The number of nitro groups is 1. The minimum Gasteiger partial charge on any atom is -0.490 e. The lowest BCUT2D eigenvalue weighted by atomic mass is 10.1. The van der Waals surface area contributed by atoms with E-state index < -0.39 is 16.9 Å². The van der Waals surface area contributed by atoms with Gasteiger partial charge in [0.25, 0.3) is 11.6 Å². The highest BCUT2D eigenvalue weighted by Crippen LogP contribution is 2.31. The topological polar surface area (TPSA) is 90.7 Å². The van der Waals surface area contributed by atoms with Gasteiger partial charge in [0, 0.05) is 11.1 Å². The second kappa shape index (κ2) is 9.23. The smallest absolute Gasteiger partial charge is 0.283 e. The zero-order chi connectivity index (χ0) is 20.0. The highest BCUT2D eigenvalue weighted by Gasteiger charge is 2.22. The predicted molar refractivity (Wildman–Crippen MR) is 103 cm³/mol. The third-order valence-corrected chi connectivity index (χ3v) is 4.05. The Balaban J connectivity index is 2.24. The first-order valence-electron chi connectivity index (χ1n) is 8.51. The zero-order valence-corrected chi connectivity index (χ0v) is 16.1. The van der Waals surface area contributed by atoms with Gasteiger partial charge in [0.15, 0.2) is 11.5 Å². The molecule has 8 heteroatoms. The average Bonchev–Trinajstić information content (AvgIpc) is 2.63. The maximum atomic E-state index is 12.5. The normalized spacial score (nSPS) is 11.6. The number of ether oxygens (including phenoxy) is 2. The summed E-state index contributed by atoms with van der Waals surface area (Å²) in [5.41, 5.74) is 0.396. The Morgan fingerprint density at radius 3 is 2.44 bits per heavy atom. The summed E-state index contributed by atoms with van der Waals surface area (Å²) in [6.45, 7) is 6.51. The molecule has 0 aliphatic heterocycles. The quantitative estimate of drug-likeness (QED) is 0.526. The minimum atomic E-state index is -0.629. The second-order valence-corrected chi connectivity index (χ2v) is 6.12. The molecule has 2 rings (SSSR count). The van der Waals surface area contributed by atoms with Crippen LogP contribution in [0.15, 0.2) is 36.4 Å². The molecule has 0 saturated carbocycles. The maximum absolute atomic E-state index is 12.5. The average molecular weight is 393 g/mol. The fraction of sp³-hybridized carbons (Fsp3) is 0.316. The minimum absolute atomic E-state index is 0.0489. The van der Waals surface area contributed by atoms with Crippen molar-refractivity contribution >= 4 is 23.2 Å². The molecule has 0 aromatic heterocycles. The highest BCUT2D eigenvalue weighted by molar-refractivity contribution is 6.31. The Morgan fingerprint density at radius 2 is 1.81 bits per heavy atom. The van der Waals surface area contributed by atoms with Gasteiger partial charge in [0.05, 0.1) is 24.2 Å². The number of hydrogen-bond donors (Lipinski definition) is 1. The van der Waals surface area contributed by atoms with Crippen LogP contribution in [0.5, 0.6) is 11.5 Å². The molecule has 27 heavy (non-hydrogen) atoms. The van der Waals surface area contributed by atoms with Gasteiger partial charge >= 0.3 is 0 Å². The van der Waals surface area contributed by atoms with Crippen LogP contribution in [-0.4, -0.2) is 24.0 Å². The van der Waals surface area contributed by atoms with Gasteiger partial charge < -0.3 is 14.8 Å². The lowest BCUT2D eigenvalue weighted by molar-refractivity contribution is -0.385. The van der Waals surface area contributed by atoms with E-state index in [1.807, 2.05) is 19.9 Å². The van der Waals surface area contributed by atoms with Crippen LogP contribution >= 0.6 is 11.6 Å². The van der Waals surface area contributed by atoms with E-state index in [1.165, 1.54) is 12.1 Å². The van der Waals surface area contributed by atoms with Crippen LogP contribution in [-0.2, 0) is 0 Å². The number of amides is 1. The zero-order valence-electron chi connectivity index (χ0n) is 15.3. The number of carbonyl (C=O) groups is 1. The number of nitrogens with one attached hydrogen (secondary N) is 1. The Morgan fingerprint density at radius 1 is 1.15 bits per heavy atom. The molecule has 0 fully saturated rings. The Bertz CT molecular complexity index is 841. The Hall–Kier alpha value is -2.80.